The van der Waals surface area contributed by atoms with Crippen LogP contribution in [-0.2, 0) is 6.42 Å². The van der Waals surface area contributed by atoms with E-state index in [0.717, 1.165) is 30.2 Å². The standard InChI is InChI=1S/C20H17F2N3O2/c21-12-8-13(22)10-14(9-12)25-18-6-3-5-17(16(18)11-23-25)24-20(27)15-4-1-2-7-19(15)26/h1-2,4,7-11,17,26H,3,5-6H2,(H,24,27). The van der Waals surface area contributed by atoms with Gasteiger partial charge in [0, 0.05) is 17.3 Å². The van der Waals surface area contributed by atoms with E-state index in [1.165, 1.54) is 22.9 Å². The Morgan fingerprint density at radius 3 is 2.67 bits per heavy atom. The first kappa shape index (κ1) is 17.2. The molecule has 1 atom stereocenters. The summed E-state index contributed by atoms with van der Waals surface area (Å²) >= 11 is 0. The number of benzene rings is 2. The molecule has 1 aromatic heterocycles. The van der Waals surface area contributed by atoms with Crippen LogP contribution < -0.4 is 5.32 Å². The van der Waals surface area contributed by atoms with E-state index < -0.39 is 11.6 Å². The van der Waals surface area contributed by atoms with Crippen LogP contribution in [0.25, 0.3) is 5.69 Å². The zero-order chi connectivity index (χ0) is 19.0. The number of para-hydroxylation sites is 1. The molecule has 0 saturated carbocycles. The van der Waals surface area contributed by atoms with E-state index in [1.54, 1.807) is 24.4 Å². The lowest BCUT2D eigenvalue weighted by atomic mass is 9.92. The van der Waals surface area contributed by atoms with Crippen LogP contribution in [0.1, 0.15) is 40.5 Å². The van der Waals surface area contributed by atoms with Crippen molar-refractivity contribution in [2.45, 2.75) is 25.3 Å². The molecule has 0 fully saturated rings. The minimum absolute atomic E-state index is 0.0861. The first-order valence-electron chi connectivity index (χ1n) is 8.65. The maximum Gasteiger partial charge on any atom is 0.255 e. The molecule has 27 heavy (non-hydrogen) atoms. The zero-order valence-electron chi connectivity index (χ0n) is 14.3. The molecule has 7 heteroatoms. The third-order valence-corrected chi connectivity index (χ3v) is 4.73. The number of phenols is 1. The maximum atomic E-state index is 13.6. The molecule has 3 aromatic rings. The van der Waals surface area contributed by atoms with Crippen molar-refractivity contribution in [1.29, 1.82) is 0 Å². The molecule has 1 amide bonds. The van der Waals surface area contributed by atoms with Gasteiger partial charge < -0.3 is 10.4 Å². The van der Waals surface area contributed by atoms with Gasteiger partial charge in [-0.25, -0.2) is 13.5 Å². The van der Waals surface area contributed by atoms with Gasteiger partial charge >= 0.3 is 0 Å². The molecule has 2 N–H and O–H groups in total. The third kappa shape index (κ3) is 3.28. The molecular weight excluding hydrogens is 352 g/mol. The van der Waals surface area contributed by atoms with Crippen molar-refractivity contribution in [3.05, 3.63) is 77.1 Å². The summed E-state index contributed by atoms with van der Waals surface area (Å²) in [7, 11) is 0. The molecule has 2 aromatic carbocycles. The normalized spacial score (nSPS) is 16.0. The van der Waals surface area contributed by atoms with Gasteiger partial charge in [-0.2, -0.15) is 5.10 Å². The number of amides is 1. The summed E-state index contributed by atoms with van der Waals surface area (Å²) in [6, 6.07) is 9.30. The monoisotopic (exact) mass is 369 g/mol. The number of rotatable bonds is 3. The Bertz CT molecular complexity index is 996. The Balaban J connectivity index is 1.64. The SMILES string of the molecule is O=C(NC1CCCc2c1cnn2-c1cc(F)cc(F)c1)c1ccccc1O. The number of halogens is 2. The molecule has 1 unspecified atom stereocenters. The Hall–Kier alpha value is -3.22. The first-order chi connectivity index (χ1) is 13.0. The summed E-state index contributed by atoms with van der Waals surface area (Å²) in [6.07, 6.45) is 3.82. The first-order valence-corrected chi connectivity index (χ1v) is 8.65. The summed E-state index contributed by atoms with van der Waals surface area (Å²) < 4.78 is 28.6. The Labute approximate surface area is 154 Å². The van der Waals surface area contributed by atoms with Crippen LogP contribution in [0, 0.1) is 11.6 Å². The molecule has 1 aliphatic carbocycles. The highest BCUT2D eigenvalue weighted by atomic mass is 19.1. The van der Waals surface area contributed by atoms with Crippen molar-refractivity contribution >= 4 is 5.91 Å². The molecule has 0 saturated heterocycles. The molecule has 1 aliphatic rings. The van der Waals surface area contributed by atoms with Crippen LogP contribution in [-0.4, -0.2) is 20.8 Å². The van der Waals surface area contributed by atoms with Gasteiger partial charge in [0.15, 0.2) is 0 Å². The van der Waals surface area contributed by atoms with Crippen molar-refractivity contribution < 1.29 is 18.7 Å². The number of nitrogens with zero attached hydrogens (tertiary/aromatic N) is 2. The van der Waals surface area contributed by atoms with Crippen LogP contribution >= 0.6 is 0 Å². The van der Waals surface area contributed by atoms with Crippen molar-refractivity contribution in [1.82, 2.24) is 15.1 Å². The number of hydrogen-bond donors (Lipinski definition) is 2. The van der Waals surface area contributed by atoms with Gasteiger partial charge in [0.25, 0.3) is 5.91 Å². The largest absolute Gasteiger partial charge is 0.507 e. The van der Waals surface area contributed by atoms with Crippen LogP contribution in [0.4, 0.5) is 8.78 Å². The van der Waals surface area contributed by atoms with Crippen LogP contribution in [0.5, 0.6) is 5.75 Å². The van der Waals surface area contributed by atoms with Gasteiger partial charge in [0.1, 0.15) is 17.4 Å². The summed E-state index contributed by atoms with van der Waals surface area (Å²) in [5.74, 6) is -1.81. The number of aromatic nitrogens is 2. The van der Waals surface area contributed by atoms with Gasteiger partial charge in [0.05, 0.1) is 23.5 Å². The fourth-order valence-electron chi connectivity index (χ4n) is 3.49. The summed E-state index contributed by atoms with van der Waals surface area (Å²) in [4.78, 5) is 12.5. The van der Waals surface area contributed by atoms with E-state index in [0.29, 0.717) is 12.1 Å². The van der Waals surface area contributed by atoms with Crippen molar-refractivity contribution in [3.63, 3.8) is 0 Å². The van der Waals surface area contributed by atoms with Crippen molar-refractivity contribution in [2.24, 2.45) is 0 Å². The highest BCUT2D eigenvalue weighted by molar-refractivity contribution is 5.97. The van der Waals surface area contributed by atoms with E-state index in [1.807, 2.05) is 0 Å². The fraction of sp³-hybridized carbons (Fsp3) is 0.200. The van der Waals surface area contributed by atoms with E-state index in [-0.39, 0.29) is 23.3 Å². The second-order valence-electron chi connectivity index (χ2n) is 6.52. The summed E-state index contributed by atoms with van der Waals surface area (Å²) in [6.45, 7) is 0. The average molecular weight is 369 g/mol. The van der Waals surface area contributed by atoms with Crippen molar-refractivity contribution in [2.75, 3.05) is 0 Å². The number of aromatic hydroxyl groups is 1. The van der Waals surface area contributed by atoms with Gasteiger partial charge in [-0.3, -0.25) is 4.79 Å². The highest BCUT2D eigenvalue weighted by Gasteiger charge is 2.27. The molecule has 1 heterocycles. The lowest BCUT2D eigenvalue weighted by Crippen LogP contribution is -2.31. The van der Waals surface area contributed by atoms with Crippen molar-refractivity contribution in [3.8, 4) is 11.4 Å². The molecule has 4 rings (SSSR count). The number of nitrogens with one attached hydrogen (secondary N) is 1. The lowest BCUT2D eigenvalue weighted by Gasteiger charge is -2.24. The van der Waals surface area contributed by atoms with E-state index in [9.17, 15) is 18.7 Å². The average Bonchev–Trinajstić information content (AvgIpc) is 3.06. The minimum atomic E-state index is -0.672. The van der Waals surface area contributed by atoms with Gasteiger partial charge in [-0.1, -0.05) is 12.1 Å². The second kappa shape index (κ2) is 6.83. The molecular formula is C20H17F2N3O2. The molecule has 0 bridgehead atoms. The zero-order valence-corrected chi connectivity index (χ0v) is 14.3. The topological polar surface area (TPSA) is 67.2 Å². The summed E-state index contributed by atoms with van der Waals surface area (Å²) in [5, 5.41) is 17.1. The van der Waals surface area contributed by atoms with E-state index in [4.69, 9.17) is 0 Å². The molecule has 138 valence electrons. The number of hydrogen-bond acceptors (Lipinski definition) is 3. The van der Waals surface area contributed by atoms with Gasteiger partial charge in [0.2, 0.25) is 0 Å². The molecule has 5 nitrogen and oxygen atoms in total. The smallest absolute Gasteiger partial charge is 0.255 e. The predicted molar refractivity (Wildman–Crippen MR) is 94.7 cm³/mol. The van der Waals surface area contributed by atoms with Gasteiger partial charge in [-0.05, 0) is 43.5 Å². The number of carbonyl (C=O) groups excluding carboxylic acids is 1. The third-order valence-electron chi connectivity index (χ3n) is 4.73. The lowest BCUT2D eigenvalue weighted by molar-refractivity contribution is 0.0930. The molecule has 0 aliphatic heterocycles. The molecule has 0 radical (unpaired) electrons. The number of phenolic OH excluding ortho intramolecular Hbond substituents is 1. The second-order valence-corrected chi connectivity index (χ2v) is 6.52. The molecule has 0 spiro atoms. The van der Waals surface area contributed by atoms with Crippen LogP contribution in [0.15, 0.2) is 48.7 Å². The maximum absolute atomic E-state index is 13.6. The highest BCUT2D eigenvalue weighted by Crippen LogP contribution is 2.32. The Morgan fingerprint density at radius 2 is 1.93 bits per heavy atom. The van der Waals surface area contributed by atoms with Crippen LogP contribution in [0.2, 0.25) is 0 Å². The Morgan fingerprint density at radius 1 is 1.19 bits per heavy atom. The number of fused-ring (bicyclic) bond motifs is 1. The van der Waals surface area contributed by atoms with Gasteiger partial charge in [-0.15, -0.1) is 0 Å². The Kier molecular flexibility index (Phi) is 4.35. The fourth-order valence-corrected chi connectivity index (χ4v) is 3.49. The minimum Gasteiger partial charge on any atom is -0.507 e. The predicted octanol–water partition coefficient (Wildman–Crippen LogP) is 3.66. The van der Waals surface area contributed by atoms with Crippen LogP contribution in [0.3, 0.4) is 0 Å². The van der Waals surface area contributed by atoms with E-state index in [2.05, 4.69) is 10.4 Å². The quantitative estimate of drug-likeness (QED) is 0.740. The number of carbonyl (C=O) groups is 1. The summed E-state index contributed by atoms with van der Waals surface area (Å²) in [5.41, 5.74) is 2.13. The van der Waals surface area contributed by atoms with E-state index >= 15 is 0 Å².